The van der Waals surface area contributed by atoms with Crippen LogP contribution in [0.25, 0.3) is 0 Å². The topological polar surface area (TPSA) is 71.3 Å². The molecule has 0 aliphatic heterocycles. The van der Waals surface area contributed by atoms with Gasteiger partial charge in [0.05, 0.1) is 11.8 Å². The lowest BCUT2D eigenvalue weighted by molar-refractivity contribution is -0.115. The number of carbonyl (C=O) groups excluding carboxylic acids is 2. The maximum Gasteiger partial charge on any atom is 0.260 e. The highest BCUT2D eigenvalue weighted by Gasteiger charge is 2.14. The van der Waals surface area contributed by atoms with Gasteiger partial charge < -0.3 is 15.1 Å². The largest absolute Gasteiger partial charge is 0.457 e. The molecule has 21 heavy (non-hydrogen) atoms. The highest BCUT2D eigenvalue weighted by Crippen LogP contribution is 2.25. The van der Waals surface area contributed by atoms with Crippen LogP contribution in [0.2, 0.25) is 0 Å². The Morgan fingerprint density at radius 2 is 1.86 bits per heavy atom. The first-order chi connectivity index (χ1) is 10.0. The lowest BCUT2D eigenvalue weighted by Crippen LogP contribution is -2.14. The van der Waals surface area contributed by atoms with Crippen LogP contribution in [-0.4, -0.2) is 11.8 Å². The summed E-state index contributed by atoms with van der Waals surface area (Å²) in [7, 11) is 0. The van der Waals surface area contributed by atoms with E-state index in [-0.39, 0.29) is 11.8 Å². The summed E-state index contributed by atoms with van der Waals surface area (Å²) in [5.41, 5.74) is 2.54. The van der Waals surface area contributed by atoms with Crippen molar-refractivity contribution < 1.29 is 14.0 Å². The highest BCUT2D eigenvalue weighted by molar-refractivity contribution is 9.10. The maximum absolute atomic E-state index is 12.1. The van der Waals surface area contributed by atoms with Crippen molar-refractivity contribution in [3.8, 4) is 0 Å². The Hall–Kier alpha value is -2.08. The van der Waals surface area contributed by atoms with Gasteiger partial charge in [0.1, 0.15) is 0 Å². The maximum atomic E-state index is 12.1. The monoisotopic (exact) mass is 350 g/mol. The SMILES string of the molecule is CCC(=O)Nc1cccc(NC(=O)c2ccoc2Br)c1C. The molecule has 2 N–H and O–H groups in total. The summed E-state index contributed by atoms with van der Waals surface area (Å²) in [5, 5.41) is 5.61. The van der Waals surface area contributed by atoms with Gasteiger partial charge in [0.15, 0.2) is 4.67 Å². The quantitative estimate of drug-likeness (QED) is 0.876. The third-order valence-corrected chi connectivity index (χ3v) is 3.65. The van der Waals surface area contributed by atoms with E-state index in [1.54, 1.807) is 31.2 Å². The molecule has 6 heteroatoms. The molecule has 0 atom stereocenters. The van der Waals surface area contributed by atoms with Crippen LogP contribution < -0.4 is 10.6 Å². The predicted octanol–water partition coefficient (Wildman–Crippen LogP) is 3.95. The van der Waals surface area contributed by atoms with Gasteiger partial charge in [-0.25, -0.2) is 0 Å². The summed E-state index contributed by atoms with van der Waals surface area (Å²) in [6.07, 6.45) is 1.84. The van der Waals surface area contributed by atoms with Gasteiger partial charge in [0.2, 0.25) is 5.91 Å². The van der Waals surface area contributed by atoms with E-state index < -0.39 is 0 Å². The molecule has 0 saturated heterocycles. The molecule has 0 bridgehead atoms. The minimum atomic E-state index is -0.280. The smallest absolute Gasteiger partial charge is 0.260 e. The van der Waals surface area contributed by atoms with E-state index in [2.05, 4.69) is 26.6 Å². The van der Waals surface area contributed by atoms with Gasteiger partial charge in [-0.15, -0.1) is 0 Å². The van der Waals surface area contributed by atoms with Crippen LogP contribution in [0.5, 0.6) is 0 Å². The second kappa shape index (κ2) is 6.58. The van der Waals surface area contributed by atoms with Crippen molar-refractivity contribution in [2.24, 2.45) is 0 Å². The number of hydrogen-bond acceptors (Lipinski definition) is 3. The number of rotatable bonds is 4. The summed E-state index contributed by atoms with van der Waals surface area (Å²) in [6, 6.07) is 6.94. The van der Waals surface area contributed by atoms with E-state index in [9.17, 15) is 9.59 Å². The summed E-state index contributed by atoms with van der Waals surface area (Å²) in [4.78, 5) is 23.6. The summed E-state index contributed by atoms with van der Waals surface area (Å²) >= 11 is 3.17. The molecule has 1 aromatic heterocycles. The van der Waals surface area contributed by atoms with Gasteiger partial charge in [-0.05, 0) is 46.6 Å². The van der Waals surface area contributed by atoms with Crippen molar-refractivity contribution in [1.82, 2.24) is 0 Å². The van der Waals surface area contributed by atoms with Crippen LogP contribution in [-0.2, 0) is 4.79 Å². The van der Waals surface area contributed by atoms with Crippen molar-refractivity contribution in [3.63, 3.8) is 0 Å². The Kier molecular flexibility index (Phi) is 4.80. The van der Waals surface area contributed by atoms with Crippen molar-refractivity contribution in [2.45, 2.75) is 20.3 Å². The number of nitrogens with one attached hydrogen (secondary N) is 2. The number of anilines is 2. The van der Waals surface area contributed by atoms with Crippen LogP contribution >= 0.6 is 15.9 Å². The second-order valence-electron chi connectivity index (χ2n) is 4.44. The summed E-state index contributed by atoms with van der Waals surface area (Å²) in [5.74, 6) is -0.350. The van der Waals surface area contributed by atoms with Crippen LogP contribution in [0.15, 0.2) is 39.6 Å². The molecule has 0 aliphatic carbocycles. The Labute approximate surface area is 130 Å². The molecule has 2 amide bonds. The average Bonchev–Trinajstić information content (AvgIpc) is 2.89. The summed E-state index contributed by atoms with van der Waals surface area (Å²) in [6.45, 7) is 3.62. The van der Waals surface area contributed by atoms with Crippen molar-refractivity contribution in [2.75, 3.05) is 10.6 Å². The third kappa shape index (κ3) is 3.52. The first-order valence-electron chi connectivity index (χ1n) is 6.46. The van der Waals surface area contributed by atoms with E-state index in [1.807, 2.05) is 6.92 Å². The standard InChI is InChI=1S/C15H15BrN2O3/c1-3-13(19)17-11-5-4-6-12(9(11)2)18-15(20)10-7-8-21-14(10)16/h4-8H,3H2,1-2H3,(H,17,19)(H,18,20). The molecule has 1 heterocycles. The minimum absolute atomic E-state index is 0.0702. The van der Waals surface area contributed by atoms with E-state index >= 15 is 0 Å². The lowest BCUT2D eigenvalue weighted by atomic mass is 10.1. The zero-order valence-corrected chi connectivity index (χ0v) is 13.3. The molecule has 0 radical (unpaired) electrons. The number of benzene rings is 1. The number of hydrogen-bond donors (Lipinski definition) is 2. The zero-order valence-electron chi connectivity index (χ0n) is 11.7. The number of carbonyl (C=O) groups is 2. The molecule has 1 aromatic carbocycles. The molecule has 0 saturated carbocycles. The Bertz CT molecular complexity index is 679. The lowest BCUT2D eigenvalue weighted by Gasteiger charge is -2.12. The van der Waals surface area contributed by atoms with Crippen molar-refractivity contribution >= 4 is 39.1 Å². The number of amides is 2. The third-order valence-electron chi connectivity index (χ3n) is 3.04. The summed E-state index contributed by atoms with van der Waals surface area (Å²) < 4.78 is 5.43. The fraction of sp³-hybridized carbons (Fsp3) is 0.200. The molecule has 0 spiro atoms. The van der Waals surface area contributed by atoms with Gasteiger partial charge in [0, 0.05) is 17.8 Å². The molecule has 2 rings (SSSR count). The zero-order chi connectivity index (χ0) is 15.4. The fourth-order valence-electron chi connectivity index (χ4n) is 1.79. The van der Waals surface area contributed by atoms with Gasteiger partial charge in [0.25, 0.3) is 5.91 Å². The van der Waals surface area contributed by atoms with Crippen LogP contribution in [0.1, 0.15) is 29.3 Å². The van der Waals surface area contributed by atoms with E-state index in [1.165, 1.54) is 6.26 Å². The average molecular weight is 351 g/mol. The number of halogens is 1. The van der Waals surface area contributed by atoms with E-state index in [0.717, 1.165) is 5.56 Å². The van der Waals surface area contributed by atoms with Crippen molar-refractivity contribution in [1.29, 1.82) is 0 Å². The Morgan fingerprint density at radius 3 is 2.43 bits per heavy atom. The molecule has 0 fully saturated rings. The normalized spacial score (nSPS) is 10.2. The first-order valence-corrected chi connectivity index (χ1v) is 7.26. The van der Waals surface area contributed by atoms with Gasteiger partial charge in [-0.1, -0.05) is 13.0 Å². The minimum Gasteiger partial charge on any atom is -0.457 e. The molecule has 5 nitrogen and oxygen atoms in total. The molecule has 2 aromatic rings. The van der Waals surface area contributed by atoms with Crippen LogP contribution in [0.3, 0.4) is 0 Å². The van der Waals surface area contributed by atoms with E-state index in [0.29, 0.717) is 28.0 Å². The molecular weight excluding hydrogens is 336 g/mol. The second-order valence-corrected chi connectivity index (χ2v) is 5.16. The molecule has 0 aliphatic rings. The highest BCUT2D eigenvalue weighted by atomic mass is 79.9. The van der Waals surface area contributed by atoms with Crippen molar-refractivity contribution in [3.05, 3.63) is 46.3 Å². The number of furan rings is 1. The van der Waals surface area contributed by atoms with Crippen LogP contribution in [0.4, 0.5) is 11.4 Å². The predicted molar refractivity (Wildman–Crippen MR) is 84.5 cm³/mol. The molecular formula is C15H15BrN2O3. The van der Waals surface area contributed by atoms with Crippen LogP contribution in [0, 0.1) is 6.92 Å². The molecule has 0 unspecified atom stereocenters. The Balaban J connectivity index is 2.21. The first kappa shape index (κ1) is 15.3. The van der Waals surface area contributed by atoms with Gasteiger partial charge >= 0.3 is 0 Å². The van der Waals surface area contributed by atoms with Gasteiger partial charge in [-0.2, -0.15) is 0 Å². The Morgan fingerprint density at radius 1 is 1.19 bits per heavy atom. The fourth-order valence-corrected chi connectivity index (χ4v) is 2.21. The molecule has 110 valence electrons. The van der Waals surface area contributed by atoms with Gasteiger partial charge in [-0.3, -0.25) is 9.59 Å². The van der Waals surface area contributed by atoms with E-state index in [4.69, 9.17) is 4.42 Å².